The van der Waals surface area contributed by atoms with Crippen LogP contribution >= 0.6 is 0 Å². The molecule has 46 valence electrons. The van der Waals surface area contributed by atoms with Crippen LogP contribution in [0.1, 0.15) is 0 Å². The van der Waals surface area contributed by atoms with Crippen LogP contribution < -0.4 is 21.9 Å². The van der Waals surface area contributed by atoms with Crippen molar-refractivity contribution in [2.45, 2.75) is 0 Å². The van der Waals surface area contributed by atoms with E-state index < -0.39 is 6.16 Å². The Morgan fingerprint density at radius 1 is 1.29 bits per heavy atom. The number of carbonyl (C=O) groups excluding carboxylic acids is 1. The molecule has 0 atom stereocenters. The Bertz CT molecular complexity index is 35.9. The quantitative estimate of drug-likeness (QED) is 0.210. The number of carboxylic acid groups (broad SMARTS) is 2. The summed E-state index contributed by atoms with van der Waals surface area (Å²) in [5, 5.41) is 16.7. The van der Waals surface area contributed by atoms with Gasteiger partial charge in [0.05, 0.1) is 0 Å². The van der Waals surface area contributed by atoms with Gasteiger partial charge in [-0.2, -0.15) is 0 Å². The summed E-state index contributed by atoms with van der Waals surface area (Å²) in [6.07, 6.45) is -2.33. The van der Waals surface area contributed by atoms with Crippen molar-refractivity contribution < 1.29 is 31.5 Å². The molecule has 0 heterocycles. The summed E-state index contributed by atoms with van der Waals surface area (Å²) in [7, 11) is 0. The van der Waals surface area contributed by atoms with Crippen LogP contribution in [0.25, 0.3) is 0 Å². The second-order valence-electron chi connectivity index (χ2n) is 0.250. The first-order valence-electron chi connectivity index (χ1n) is 0.946. The van der Waals surface area contributed by atoms with Gasteiger partial charge in [-0.25, -0.2) is 0 Å². The fraction of sp³-hybridized carbons (Fsp3) is 0. The maximum Gasteiger partial charge on any atom is 2.00 e. The van der Waals surface area contributed by atoms with Crippen molar-refractivity contribution >= 4 is 6.16 Å². The Hall–Kier alpha value is -0.316. The van der Waals surface area contributed by atoms with Crippen LogP contribution in [0.3, 0.4) is 0 Å². The molecule has 0 spiro atoms. The zero-order valence-electron chi connectivity index (χ0n) is 3.20. The van der Waals surface area contributed by atoms with Crippen molar-refractivity contribution in [2.75, 3.05) is 0 Å². The van der Waals surface area contributed by atoms with E-state index >= 15 is 0 Å². The van der Waals surface area contributed by atoms with Crippen LogP contribution in [0.4, 0.5) is 4.79 Å². The van der Waals surface area contributed by atoms with Crippen molar-refractivity contribution in [1.82, 2.24) is 0 Å². The molecular weight excluding hydrogens is 147 g/mol. The Labute approximate surface area is 50.2 Å². The molecule has 0 rings (SSSR count). The summed E-state index contributed by atoms with van der Waals surface area (Å²) < 4.78 is 0. The van der Waals surface area contributed by atoms with Crippen molar-refractivity contribution in [3.63, 3.8) is 0 Å². The van der Waals surface area contributed by atoms with Gasteiger partial charge in [0, 0.05) is 0 Å². The molecule has 0 bridgehead atoms. The number of rotatable bonds is 0. The van der Waals surface area contributed by atoms with E-state index in [1.165, 1.54) is 0 Å². The maximum absolute atomic E-state index is 8.33. The number of hydrazine groups is 1. The predicted octanol–water partition coefficient (Wildman–Crippen LogP) is -3.63. The summed E-state index contributed by atoms with van der Waals surface area (Å²) in [5.74, 6) is 8.00. The first kappa shape index (κ1) is 15.9. The third-order valence-electron chi connectivity index (χ3n) is 0. The molecule has 0 saturated heterocycles. The van der Waals surface area contributed by atoms with E-state index in [9.17, 15) is 0 Å². The van der Waals surface area contributed by atoms with Crippen LogP contribution in [0, 0.1) is 0 Å². The van der Waals surface area contributed by atoms with E-state index in [-0.39, 0.29) is 16.5 Å². The maximum atomic E-state index is 8.33. The molecule has 5 nitrogen and oxygen atoms in total. The molecule has 0 amide bonds. The fourth-order valence-electron chi connectivity index (χ4n) is 0. The minimum Gasteiger partial charge on any atom is -0.652 e. The smallest absolute Gasteiger partial charge is 0.652 e. The van der Waals surface area contributed by atoms with Gasteiger partial charge < -0.3 is 15.0 Å². The molecule has 0 fully saturated rings. The van der Waals surface area contributed by atoms with Crippen molar-refractivity contribution in [3.05, 3.63) is 0 Å². The molecule has 0 aromatic heterocycles. The molecule has 0 saturated carbocycles. The average Bonchev–Trinajstić information content (AvgIpc) is 1.41. The zero-order valence-corrected chi connectivity index (χ0v) is 4.18. The molecule has 0 aromatic rings. The SMILES string of the molecule is NN.O=C([O-])[O-].[Ni+2]. The molecule has 0 radical (unpaired) electrons. The Morgan fingerprint density at radius 3 is 1.29 bits per heavy atom. The number of nitrogens with two attached hydrogens (primary N) is 2. The Kier molecular flexibility index (Phi) is 39.4. The van der Waals surface area contributed by atoms with Gasteiger partial charge in [0.15, 0.2) is 0 Å². The summed E-state index contributed by atoms with van der Waals surface area (Å²) >= 11 is 0. The van der Waals surface area contributed by atoms with Crippen LogP contribution in [0.15, 0.2) is 0 Å². The molecule has 7 heavy (non-hydrogen) atoms. The van der Waals surface area contributed by atoms with Crippen molar-refractivity contribution in [3.8, 4) is 0 Å². The first-order chi connectivity index (χ1) is 2.73. The van der Waals surface area contributed by atoms with Gasteiger partial charge in [-0.3, -0.25) is 11.7 Å². The summed E-state index contributed by atoms with van der Waals surface area (Å²) in [6, 6.07) is 0. The van der Waals surface area contributed by atoms with E-state index in [4.69, 9.17) is 15.0 Å². The monoisotopic (exact) mass is 150 g/mol. The van der Waals surface area contributed by atoms with E-state index in [1.807, 2.05) is 0 Å². The largest absolute Gasteiger partial charge is 2.00 e. The molecular formula is CH4N2NiO3. The molecule has 0 aliphatic heterocycles. The van der Waals surface area contributed by atoms with E-state index in [0.29, 0.717) is 0 Å². The van der Waals surface area contributed by atoms with Gasteiger partial charge in [-0.15, -0.1) is 0 Å². The van der Waals surface area contributed by atoms with Gasteiger partial charge in [0.2, 0.25) is 0 Å². The predicted molar refractivity (Wildman–Crippen MR) is 13.8 cm³/mol. The topological polar surface area (TPSA) is 115 Å². The van der Waals surface area contributed by atoms with Gasteiger partial charge in [-0.05, 0) is 6.16 Å². The molecule has 0 unspecified atom stereocenters. The van der Waals surface area contributed by atoms with Gasteiger partial charge in [-0.1, -0.05) is 0 Å². The summed E-state index contributed by atoms with van der Waals surface area (Å²) in [4.78, 5) is 8.33. The van der Waals surface area contributed by atoms with E-state index in [2.05, 4.69) is 11.7 Å². The zero-order chi connectivity index (χ0) is 5.58. The van der Waals surface area contributed by atoms with Crippen LogP contribution in [-0.2, 0) is 16.5 Å². The minimum atomic E-state index is -2.33. The first-order valence-corrected chi connectivity index (χ1v) is 0.946. The van der Waals surface area contributed by atoms with Crippen molar-refractivity contribution in [1.29, 1.82) is 0 Å². The minimum absolute atomic E-state index is 0. The summed E-state index contributed by atoms with van der Waals surface area (Å²) in [5.41, 5.74) is 0. The normalized spacial score (nSPS) is 4.29. The average molecular weight is 151 g/mol. The molecule has 0 aliphatic rings. The number of hydrogen-bond donors (Lipinski definition) is 2. The molecule has 0 aliphatic carbocycles. The molecule has 0 aromatic carbocycles. The van der Waals surface area contributed by atoms with Crippen molar-refractivity contribution in [2.24, 2.45) is 11.7 Å². The Balaban J connectivity index is -0.0000000480. The second kappa shape index (κ2) is 17.3. The van der Waals surface area contributed by atoms with E-state index in [0.717, 1.165) is 0 Å². The van der Waals surface area contributed by atoms with Gasteiger partial charge in [0.1, 0.15) is 0 Å². The van der Waals surface area contributed by atoms with E-state index in [1.54, 1.807) is 0 Å². The van der Waals surface area contributed by atoms with Crippen LogP contribution in [0.2, 0.25) is 0 Å². The summed E-state index contributed by atoms with van der Waals surface area (Å²) in [6.45, 7) is 0. The number of hydrogen-bond acceptors (Lipinski definition) is 5. The fourth-order valence-corrected chi connectivity index (χ4v) is 0. The standard InChI is InChI=1S/CH2O3.H4N2.Ni/c2-1(3)4;1-2;/h(H2,2,3,4);1-2H2;/q;;+2/p-2. The Morgan fingerprint density at radius 2 is 1.29 bits per heavy atom. The molecule has 6 heteroatoms. The third kappa shape index (κ3) is 770. The number of carbonyl (C=O) groups is 1. The van der Waals surface area contributed by atoms with Crippen LogP contribution in [-0.4, -0.2) is 6.16 Å². The van der Waals surface area contributed by atoms with Crippen LogP contribution in [0.5, 0.6) is 0 Å². The van der Waals surface area contributed by atoms with Gasteiger partial charge >= 0.3 is 16.5 Å². The molecule has 4 N–H and O–H groups in total. The van der Waals surface area contributed by atoms with Gasteiger partial charge in [0.25, 0.3) is 0 Å². The second-order valence-corrected chi connectivity index (χ2v) is 0.250. The third-order valence-corrected chi connectivity index (χ3v) is 0.